The molecule has 1 unspecified atom stereocenters. The molecular formula is C17H24O3. The molecule has 2 N–H and O–H groups in total. The molecule has 0 amide bonds. The van der Waals surface area contributed by atoms with Gasteiger partial charge in [0.05, 0.1) is 5.60 Å². The molecule has 1 saturated carbocycles. The normalized spacial score (nSPS) is 19.4. The van der Waals surface area contributed by atoms with Crippen molar-refractivity contribution in [3.8, 4) is 0 Å². The Bertz CT molecular complexity index is 423. The second-order valence-electron chi connectivity index (χ2n) is 5.87. The van der Waals surface area contributed by atoms with Gasteiger partial charge in [0, 0.05) is 6.42 Å². The maximum absolute atomic E-state index is 11.2. The van der Waals surface area contributed by atoms with Crippen molar-refractivity contribution in [2.75, 3.05) is 0 Å². The largest absolute Gasteiger partial charge is 0.481 e. The Labute approximate surface area is 120 Å². The van der Waals surface area contributed by atoms with Gasteiger partial charge in [-0.2, -0.15) is 0 Å². The summed E-state index contributed by atoms with van der Waals surface area (Å²) in [7, 11) is 0. The molecule has 2 rings (SSSR count). The van der Waals surface area contributed by atoms with Crippen molar-refractivity contribution in [3.63, 3.8) is 0 Å². The number of hydrogen-bond acceptors (Lipinski definition) is 2. The van der Waals surface area contributed by atoms with Crippen molar-refractivity contribution in [1.82, 2.24) is 0 Å². The highest BCUT2D eigenvalue weighted by Crippen LogP contribution is 2.42. The first-order valence-corrected chi connectivity index (χ1v) is 7.62. The molecular weight excluding hydrogens is 252 g/mol. The molecule has 3 heteroatoms. The highest BCUT2D eigenvalue weighted by atomic mass is 16.4. The number of carboxylic acid groups (broad SMARTS) is 1. The zero-order valence-electron chi connectivity index (χ0n) is 11.9. The third-order valence-corrected chi connectivity index (χ3v) is 4.50. The van der Waals surface area contributed by atoms with Gasteiger partial charge >= 0.3 is 5.97 Å². The van der Waals surface area contributed by atoms with E-state index in [0.717, 1.165) is 18.4 Å². The molecule has 0 spiro atoms. The van der Waals surface area contributed by atoms with Gasteiger partial charge in [0.25, 0.3) is 0 Å². The molecule has 0 radical (unpaired) electrons. The van der Waals surface area contributed by atoms with E-state index < -0.39 is 11.6 Å². The van der Waals surface area contributed by atoms with E-state index in [-0.39, 0.29) is 12.3 Å². The molecule has 0 bridgehead atoms. The lowest BCUT2D eigenvalue weighted by molar-refractivity contribution is -0.137. The second kappa shape index (κ2) is 6.89. The lowest BCUT2D eigenvalue weighted by Crippen LogP contribution is -2.36. The number of benzene rings is 1. The summed E-state index contributed by atoms with van der Waals surface area (Å²) in [5.41, 5.74) is 0.0780. The average Bonchev–Trinajstić information content (AvgIpc) is 2.48. The summed E-state index contributed by atoms with van der Waals surface area (Å²) in [5, 5.41) is 20.0. The molecule has 110 valence electrons. The van der Waals surface area contributed by atoms with Crippen molar-refractivity contribution < 1.29 is 15.0 Å². The summed E-state index contributed by atoms with van der Waals surface area (Å²) in [4.78, 5) is 10.7. The van der Waals surface area contributed by atoms with Crippen LogP contribution >= 0.6 is 0 Å². The summed E-state index contributed by atoms with van der Waals surface area (Å²) >= 11 is 0. The lowest BCUT2D eigenvalue weighted by atomic mass is 9.71. The second-order valence-corrected chi connectivity index (χ2v) is 5.87. The van der Waals surface area contributed by atoms with Crippen LogP contribution in [0.4, 0.5) is 0 Å². The van der Waals surface area contributed by atoms with E-state index >= 15 is 0 Å². The molecule has 0 aliphatic heterocycles. The smallest absolute Gasteiger partial charge is 0.303 e. The molecule has 1 aromatic carbocycles. The van der Waals surface area contributed by atoms with Crippen LogP contribution in [-0.4, -0.2) is 16.2 Å². The number of carbonyl (C=O) groups is 1. The highest BCUT2D eigenvalue weighted by molar-refractivity contribution is 5.66. The molecule has 1 aliphatic carbocycles. The molecule has 20 heavy (non-hydrogen) atoms. The molecule has 0 aromatic heterocycles. The molecule has 1 atom stereocenters. The number of aliphatic carboxylic acids is 1. The molecule has 1 aromatic rings. The van der Waals surface area contributed by atoms with Crippen molar-refractivity contribution in [2.45, 2.75) is 57.0 Å². The first-order chi connectivity index (χ1) is 9.63. The van der Waals surface area contributed by atoms with Crippen LogP contribution in [0.5, 0.6) is 0 Å². The Hall–Kier alpha value is -1.35. The minimum atomic E-state index is -0.864. The number of hydrogen-bond donors (Lipinski definition) is 2. The summed E-state index contributed by atoms with van der Waals surface area (Å²) in [6.45, 7) is 0. The van der Waals surface area contributed by atoms with E-state index in [1.807, 2.05) is 30.3 Å². The third-order valence-electron chi connectivity index (χ3n) is 4.50. The Morgan fingerprint density at radius 1 is 1.15 bits per heavy atom. The van der Waals surface area contributed by atoms with Crippen molar-refractivity contribution in [1.29, 1.82) is 0 Å². The molecule has 3 nitrogen and oxygen atoms in total. The Morgan fingerprint density at radius 3 is 2.40 bits per heavy atom. The standard InChI is InChI=1S/C17H24O3/c18-16(19)12-7-13-17(20,14-8-3-1-4-9-14)15-10-5-2-6-11-15/h1,3-4,8-9,15,20H,2,5-7,10-13H2,(H,18,19). The van der Waals surface area contributed by atoms with Crippen LogP contribution in [0.2, 0.25) is 0 Å². The predicted octanol–water partition coefficient (Wildman–Crippen LogP) is 3.71. The number of rotatable bonds is 6. The van der Waals surface area contributed by atoms with Gasteiger partial charge in [-0.1, -0.05) is 49.6 Å². The fourth-order valence-corrected chi connectivity index (χ4v) is 3.40. The molecule has 0 saturated heterocycles. The SMILES string of the molecule is O=C(O)CCCC(O)(c1ccccc1)C1CCCCC1. The monoisotopic (exact) mass is 276 g/mol. The third kappa shape index (κ3) is 3.60. The van der Waals surface area contributed by atoms with Crippen LogP contribution < -0.4 is 0 Å². The first-order valence-electron chi connectivity index (χ1n) is 7.62. The van der Waals surface area contributed by atoms with Crippen LogP contribution in [0, 0.1) is 5.92 Å². The van der Waals surface area contributed by atoms with E-state index in [4.69, 9.17) is 5.11 Å². The summed E-state index contributed by atoms with van der Waals surface area (Å²) in [6.07, 6.45) is 6.85. The van der Waals surface area contributed by atoms with Gasteiger partial charge in [-0.05, 0) is 37.2 Å². The van der Waals surface area contributed by atoms with Gasteiger partial charge in [0.2, 0.25) is 0 Å². The van der Waals surface area contributed by atoms with E-state index in [2.05, 4.69) is 0 Å². The predicted molar refractivity (Wildman–Crippen MR) is 78.4 cm³/mol. The van der Waals surface area contributed by atoms with Gasteiger partial charge in [-0.3, -0.25) is 4.79 Å². The Kier molecular flexibility index (Phi) is 5.18. The summed E-state index contributed by atoms with van der Waals surface area (Å²) in [5.74, 6) is -0.531. The van der Waals surface area contributed by atoms with Crippen LogP contribution in [0.3, 0.4) is 0 Å². The lowest BCUT2D eigenvalue weighted by Gasteiger charge is -2.39. The minimum absolute atomic E-state index is 0.127. The van der Waals surface area contributed by atoms with E-state index in [1.165, 1.54) is 19.3 Å². The van der Waals surface area contributed by atoms with Crippen LogP contribution in [0.25, 0.3) is 0 Å². The Balaban J connectivity index is 2.15. The van der Waals surface area contributed by atoms with Gasteiger partial charge in [0.15, 0.2) is 0 Å². The Morgan fingerprint density at radius 2 is 1.80 bits per heavy atom. The number of aliphatic hydroxyl groups is 1. The van der Waals surface area contributed by atoms with Crippen LogP contribution in [0.15, 0.2) is 30.3 Å². The fourth-order valence-electron chi connectivity index (χ4n) is 3.40. The maximum atomic E-state index is 11.2. The van der Waals surface area contributed by atoms with Gasteiger partial charge in [0.1, 0.15) is 0 Å². The van der Waals surface area contributed by atoms with E-state index in [0.29, 0.717) is 12.8 Å². The van der Waals surface area contributed by atoms with Crippen molar-refractivity contribution in [3.05, 3.63) is 35.9 Å². The average molecular weight is 276 g/mol. The van der Waals surface area contributed by atoms with E-state index in [9.17, 15) is 9.90 Å². The quantitative estimate of drug-likeness (QED) is 0.832. The van der Waals surface area contributed by atoms with Crippen molar-refractivity contribution in [2.24, 2.45) is 5.92 Å². The van der Waals surface area contributed by atoms with Gasteiger partial charge in [-0.25, -0.2) is 0 Å². The summed E-state index contributed by atoms with van der Waals surface area (Å²) < 4.78 is 0. The highest BCUT2D eigenvalue weighted by Gasteiger charge is 2.38. The van der Waals surface area contributed by atoms with Crippen molar-refractivity contribution >= 4 is 5.97 Å². The molecule has 1 fully saturated rings. The van der Waals surface area contributed by atoms with Gasteiger partial charge < -0.3 is 10.2 Å². The molecule has 0 heterocycles. The topological polar surface area (TPSA) is 57.5 Å². The van der Waals surface area contributed by atoms with Crippen LogP contribution in [-0.2, 0) is 10.4 Å². The zero-order valence-corrected chi connectivity index (χ0v) is 11.9. The first kappa shape index (κ1) is 15.0. The zero-order chi connectivity index (χ0) is 14.4. The fraction of sp³-hybridized carbons (Fsp3) is 0.588. The van der Waals surface area contributed by atoms with Crippen LogP contribution in [0.1, 0.15) is 56.9 Å². The minimum Gasteiger partial charge on any atom is -0.481 e. The maximum Gasteiger partial charge on any atom is 0.303 e. The number of carboxylic acids is 1. The van der Waals surface area contributed by atoms with Gasteiger partial charge in [-0.15, -0.1) is 0 Å². The molecule has 1 aliphatic rings. The summed E-state index contributed by atoms with van der Waals surface area (Å²) in [6, 6.07) is 9.77. The van der Waals surface area contributed by atoms with E-state index in [1.54, 1.807) is 0 Å².